The summed E-state index contributed by atoms with van der Waals surface area (Å²) in [6.45, 7) is 0.979. The summed E-state index contributed by atoms with van der Waals surface area (Å²) in [5.41, 5.74) is 1.29. The highest BCUT2D eigenvalue weighted by Gasteiger charge is 2.28. The summed E-state index contributed by atoms with van der Waals surface area (Å²) in [5, 5.41) is 2.72. The highest BCUT2D eigenvalue weighted by atomic mass is 32.2. The summed E-state index contributed by atoms with van der Waals surface area (Å²) in [7, 11) is -0.396. The smallest absolute Gasteiger partial charge is 0.408 e. The Hall–Kier alpha value is -3.44. The number of hydrogen-bond donors (Lipinski definition) is 1. The number of benzene rings is 2. The molecule has 4 rings (SSSR count). The number of fused-ring (bicyclic) bond motifs is 1. The van der Waals surface area contributed by atoms with Crippen LogP contribution in [0.3, 0.4) is 0 Å². The van der Waals surface area contributed by atoms with Crippen molar-refractivity contribution in [2.45, 2.75) is 30.7 Å². The molecule has 10 nitrogen and oxygen atoms in total. The number of rotatable bonds is 7. The largest absolute Gasteiger partial charge is 0.419 e. The van der Waals surface area contributed by atoms with Gasteiger partial charge >= 0.3 is 5.76 Å². The van der Waals surface area contributed by atoms with Crippen LogP contribution in [0, 0.1) is 0 Å². The Bertz CT molecular complexity index is 1400. The molecule has 0 radical (unpaired) electrons. The minimum atomic E-state index is -3.64. The molecule has 0 spiro atoms. The number of carbonyl (C=O) groups excluding carboxylic acids is 2. The van der Waals surface area contributed by atoms with Crippen LogP contribution in [0.1, 0.15) is 29.6 Å². The van der Waals surface area contributed by atoms with Gasteiger partial charge in [-0.15, -0.1) is 0 Å². The van der Waals surface area contributed by atoms with Crippen LogP contribution in [0.2, 0.25) is 0 Å². The van der Waals surface area contributed by atoms with Gasteiger partial charge in [0.1, 0.15) is 0 Å². The van der Waals surface area contributed by atoms with Gasteiger partial charge in [0.05, 0.1) is 21.7 Å². The highest BCUT2D eigenvalue weighted by molar-refractivity contribution is 7.89. The molecule has 180 valence electrons. The van der Waals surface area contributed by atoms with Crippen molar-refractivity contribution in [1.82, 2.24) is 13.8 Å². The van der Waals surface area contributed by atoms with Crippen LogP contribution in [0.15, 0.2) is 56.6 Å². The van der Waals surface area contributed by atoms with E-state index in [0.29, 0.717) is 29.9 Å². The standard InChI is InChI=1S/C23H26N4O6S/c1-25(2)22(29)17-7-3-4-8-18(17)24-21(28)11-14-27-19-10-9-16(15-20(19)33-23(27)30)34(31,32)26-12-5-6-13-26/h3-4,7-10,15H,5-6,11-14H2,1-2H3,(H,24,28). The van der Waals surface area contributed by atoms with Gasteiger partial charge in [0.2, 0.25) is 15.9 Å². The first kappa shape index (κ1) is 23.7. The van der Waals surface area contributed by atoms with E-state index in [1.54, 1.807) is 38.4 Å². The third-order valence-corrected chi connectivity index (χ3v) is 7.64. The Morgan fingerprint density at radius 3 is 2.50 bits per heavy atom. The second kappa shape index (κ2) is 9.43. The number of aromatic nitrogens is 1. The van der Waals surface area contributed by atoms with E-state index in [1.807, 2.05) is 0 Å². The highest BCUT2D eigenvalue weighted by Crippen LogP contribution is 2.24. The predicted molar refractivity (Wildman–Crippen MR) is 126 cm³/mol. The van der Waals surface area contributed by atoms with Crippen molar-refractivity contribution in [3.05, 3.63) is 58.6 Å². The molecule has 11 heteroatoms. The maximum atomic E-state index is 12.8. The lowest BCUT2D eigenvalue weighted by molar-refractivity contribution is -0.116. The number of anilines is 1. The van der Waals surface area contributed by atoms with Gasteiger partial charge in [-0.1, -0.05) is 12.1 Å². The average molecular weight is 487 g/mol. The molecule has 0 bridgehead atoms. The van der Waals surface area contributed by atoms with E-state index in [9.17, 15) is 22.8 Å². The predicted octanol–water partition coefficient (Wildman–Crippen LogP) is 2.11. The second-order valence-electron chi connectivity index (χ2n) is 8.30. The van der Waals surface area contributed by atoms with Crippen molar-refractivity contribution >= 4 is 38.6 Å². The van der Waals surface area contributed by atoms with Crippen LogP contribution in [0.5, 0.6) is 0 Å². The second-order valence-corrected chi connectivity index (χ2v) is 10.2. The number of amides is 2. The maximum absolute atomic E-state index is 12.8. The Balaban J connectivity index is 1.50. The Morgan fingerprint density at radius 2 is 1.79 bits per heavy atom. The van der Waals surface area contributed by atoms with E-state index in [-0.39, 0.29) is 35.3 Å². The summed E-state index contributed by atoms with van der Waals surface area (Å²) < 4.78 is 33.6. The Labute approximate surface area is 196 Å². The molecule has 1 fully saturated rings. The molecule has 1 aliphatic rings. The molecule has 1 aliphatic heterocycles. The van der Waals surface area contributed by atoms with E-state index in [0.717, 1.165) is 12.8 Å². The van der Waals surface area contributed by atoms with Crippen LogP contribution in [0.25, 0.3) is 11.1 Å². The van der Waals surface area contributed by atoms with Gasteiger partial charge < -0.3 is 14.6 Å². The summed E-state index contributed by atoms with van der Waals surface area (Å²) in [4.78, 5) is 38.8. The van der Waals surface area contributed by atoms with Crippen LogP contribution in [0.4, 0.5) is 5.69 Å². The summed E-state index contributed by atoms with van der Waals surface area (Å²) in [6, 6.07) is 11.0. The molecule has 2 heterocycles. The monoisotopic (exact) mass is 486 g/mol. The fourth-order valence-electron chi connectivity index (χ4n) is 3.94. The van der Waals surface area contributed by atoms with E-state index >= 15 is 0 Å². The van der Waals surface area contributed by atoms with E-state index < -0.39 is 15.8 Å². The van der Waals surface area contributed by atoms with E-state index in [2.05, 4.69) is 5.32 Å². The molecule has 1 saturated heterocycles. The topological polar surface area (TPSA) is 122 Å². The van der Waals surface area contributed by atoms with Gasteiger partial charge in [-0.3, -0.25) is 14.2 Å². The number of hydrogen-bond acceptors (Lipinski definition) is 6. The molecule has 0 saturated carbocycles. The summed E-state index contributed by atoms with van der Waals surface area (Å²) >= 11 is 0. The molecule has 1 N–H and O–H groups in total. The van der Waals surface area contributed by atoms with Gasteiger partial charge in [0.15, 0.2) is 5.58 Å². The zero-order valence-electron chi connectivity index (χ0n) is 19.0. The normalized spacial score (nSPS) is 14.4. The third kappa shape index (κ3) is 4.62. The Kier molecular flexibility index (Phi) is 6.58. The van der Waals surface area contributed by atoms with Crippen molar-refractivity contribution in [3.63, 3.8) is 0 Å². The molecule has 0 aliphatic carbocycles. The fourth-order valence-corrected chi connectivity index (χ4v) is 5.48. The van der Waals surface area contributed by atoms with Crippen LogP contribution in [-0.4, -0.2) is 61.2 Å². The summed E-state index contributed by atoms with van der Waals surface area (Å²) in [6.07, 6.45) is 1.60. The number of oxazole rings is 1. The SMILES string of the molecule is CN(C)C(=O)c1ccccc1NC(=O)CCn1c(=O)oc2cc(S(=O)(=O)N3CCCC3)ccc21. The first-order valence-electron chi connectivity index (χ1n) is 10.9. The average Bonchev–Trinajstić information content (AvgIpc) is 3.45. The molecule has 1 aromatic heterocycles. The van der Waals surface area contributed by atoms with Crippen molar-refractivity contribution in [1.29, 1.82) is 0 Å². The first-order chi connectivity index (χ1) is 16.2. The van der Waals surface area contributed by atoms with Crippen molar-refractivity contribution in [3.8, 4) is 0 Å². The number of nitrogens with one attached hydrogen (secondary N) is 1. The zero-order chi connectivity index (χ0) is 24.5. The molecule has 0 atom stereocenters. The van der Waals surface area contributed by atoms with Gasteiger partial charge in [-0.05, 0) is 37.1 Å². The maximum Gasteiger partial charge on any atom is 0.419 e. The van der Waals surface area contributed by atoms with Crippen LogP contribution < -0.4 is 11.1 Å². The number of aryl methyl sites for hydroxylation is 1. The lowest BCUT2D eigenvalue weighted by Gasteiger charge is -2.15. The molecular formula is C23H26N4O6S. The van der Waals surface area contributed by atoms with E-state index in [1.165, 1.54) is 32.0 Å². The van der Waals surface area contributed by atoms with Gasteiger partial charge in [0, 0.05) is 46.2 Å². The number of sulfonamides is 1. The third-order valence-electron chi connectivity index (χ3n) is 5.74. The minimum absolute atomic E-state index is 0.0275. The zero-order valence-corrected chi connectivity index (χ0v) is 19.8. The molecular weight excluding hydrogens is 460 g/mol. The number of carbonyl (C=O) groups is 2. The van der Waals surface area contributed by atoms with Crippen LogP contribution >= 0.6 is 0 Å². The lowest BCUT2D eigenvalue weighted by atomic mass is 10.1. The van der Waals surface area contributed by atoms with Crippen molar-refractivity contribution in [2.24, 2.45) is 0 Å². The molecule has 2 amide bonds. The molecule has 3 aromatic rings. The van der Waals surface area contributed by atoms with Gasteiger partial charge in [-0.2, -0.15) is 4.31 Å². The minimum Gasteiger partial charge on any atom is -0.408 e. The Morgan fingerprint density at radius 1 is 1.09 bits per heavy atom. The van der Waals surface area contributed by atoms with Gasteiger partial charge in [0.25, 0.3) is 5.91 Å². The lowest BCUT2D eigenvalue weighted by Crippen LogP contribution is -2.27. The van der Waals surface area contributed by atoms with Gasteiger partial charge in [-0.25, -0.2) is 13.2 Å². The van der Waals surface area contributed by atoms with E-state index in [4.69, 9.17) is 4.42 Å². The number of nitrogens with zero attached hydrogens (tertiary/aromatic N) is 3. The van der Waals surface area contributed by atoms with Crippen molar-refractivity contribution < 1.29 is 22.4 Å². The van der Waals surface area contributed by atoms with Crippen molar-refractivity contribution in [2.75, 3.05) is 32.5 Å². The molecule has 34 heavy (non-hydrogen) atoms. The molecule has 0 unspecified atom stereocenters. The molecule has 2 aromatic carbocycles. The number of para-hydroxylation sites is 1. The van der Waals surface area contributed by atoms with Crippen LogP contribution in [-0.2, 0) is 21.4 Å². The quantitative estimate of drug-likeness (QED) is 0.546. The first-order valence-corrected chi connectivity index (χ1v) is 12.4. The summed E-state index contributed by atoms with van der Waals surface area (Å²) in [5.74, 6) is -1.30. The fraction of sp³-hybridized carbons (Fsp3) is 0.348.